The Morgan fingerprint density at radius 3 is 2.61 bits per heavy atom. The Bertz CT molecular complexity index is 1390. The summed E-state index contributed by atoms with van der Waals surface area (Å²) in [6.07, 6.45) is -0.422. The largest absolute Gasteiger partial charge is 0.444 e. The zero-order valence-electron chi connectivity index (χ0n) is 24.9. The molecule has 1 aromatic carbocycles. The smallest absolute Gasteiger partial charge is 0.410 e. The second kappa shape index (κ2) is 12.5. The minimum Gasteiger partial charge on any atom is -0.444 e. The third kappa shape index (κ3) is 7.36. The van der Waals surface area contributed by atoms with Crippen LogP contribution >= 0.6 is 11.3 Å². The van der Waals surface area contributed by atoms with Crippen LogP contribution in [0, 0.1) is 13.8 Å². The fraction of sp³-hybridized carbons (Fsp3) is 0.517. The van der Waals surface area contributed by atoms with Gasteiger partial charge in [-0.1, -0.05) is 5.16 Å². The molecule has 0 fully saturated rings. The van der Waals surface area contributed by atoms with Crippen LogP contribution in [0.15, 0.2) is 28.1 Å². The normalized spacial score (nSPS) is 13.2. The van der Waals surface area contributed by atoms with Gasteiger partial charge in [0, 0.05) is 49.2 Å². The van der Waals surface area contributed by atoms with Gasteiger partial charge in [-0.25, -0.2) is 9.80 Å². The Hall–Kier alpha value is -3.64. The molecule has 0 spiro atoms. The van der Waals surface area contributed by atoms with E-state index in [1.165, 1.54) is 10.4 Å². The highest BCUT2D eigenvalue weighted by Gasteiger charge is 2.28. The number of fused-ring (bicyclic) bond motifs is 2. The summed E-state index contributed by atoms with van der Waals surface area (Å²) in [5, 5.41) is 13.5. The van der Waals surface area contributed by atoms with Crippen LogP contribution in [0.25, 0.3) is 11.0 Å². The molecule has 1 aliphatic rings. The number of amides is 3. The Morgan fingerprint density at radius 1 is 1.17 bits per heavy atom. The number of thiophene rings is 1. The van der Waals surface area contributed by atoms with Gasteiger partial charge < -0.3 is 24.4 Å². The van der Waals surface area contributed by atoms with E-state index in [9.17, 15) is 14.4 Å². The summed E-state index contributed by atoms with van der Waals surface area (Å²) in [4.78, 5) is 43.7. The average Bonchev–Trinajstić information content (AvgIpc) is 3.59. The lowest BCUT2D eigenvalue weighted by Gasteiger charge is -2.32. The lowest BCUT2D eigenvalue weighted by molar-refractivity contribution is -0.145. The lowest BCUT2D eigenvalue weighted by atomic mass is 10.1. The summed E-state index contributed by atoms with van der Waals surface area (Å²) in [6.45, 7) is 13.4. The summed E-state index contributed by atoms with van der Waals surface area (Å²) in [6, 6.07) is 5.89. The number of hydrazine groups is 1. The van der Waals surface area contributed by atoms with Crippen molar-refractivity contribution in [1.82, 2.24) is 25.4 Å². The minimum absolute atomic E-state index is 0.00371. The Labute approximate surface area is 244 Å². The molecule has 222 valence electrons. The van der Waals surface area contributed by atoms with E-state index in [0.717, 1.165) is 22.3 Å². The van der Waals surface area contributed by atoms with Crippen LogP contribution in [0.2, 0.25) is 0 Å². The molecule has 0 aliphatic carbocycles. The predicted octanol–water partition coefficient (Wildman–Crippen LogP) is 4.07. The van der Waals surface area contributed by atoms with Gasteiger partial charge in [-0.15, -0.1) is 11.3 Å². The third-order valence-electron chi connectivity index (χ3n) is 7.01. The van der Waals surface area contributed by atoms with Crippen LogP contribution in [0.5, 0.6) is 0 Å². The van der Waals surface area contributed by atoms with Crippen molar-refractivity contribution in [3.63, 3.8) is 0 Å². The van der Waals surface area contributed by atoms with Gasteiger partial charge in [0.2, 0.25) is 5.91 Å². The number of nitrogens with zero attached hydrogens (tertiary/aromatic N) is 5. The molecule has 0 saturated carbocycles. The molecule has 2 aromatic heterocycles. The highest BCUT2D eigenvalue weighted by atomic mass is 32.1. The van der Waals surface area contributed by atoms with Crippen LogP contribution in [0.1, 0.15) is 49.4 Å². The van der Waals surface area contributed by atoms with Gasteiger partial charge in [-0.05, 0) is 76.2 Å². The molecule has 3 amide bonds. The number of aryl methyl sites for hydroxylation is 2. The number of carbonyl (C=O) groups is 3. The maximum absolute atomic E-state index is 13.5. The zero-order chi connectivity index (χ0) is 29.9. The van der Waals surface area contributed by atoms with E-state index >= 15 is 0 Å². The highest BCUT2D eigenvalue weighted by molar-refractivity contribution is 7.10. The minimum atomic E-state index is -0.601. The predicted molar refractivity (Wildman–Crippen MR) is 159 cm³/mol. The van der Waals surface area contributed by atoms with E-state index in [4.69, 9.17) is 9.26 Å². The van der Waals surface area contributed by atoms with Crippen molar-refractivity contribution < 1.29 is 23.6 Å². The number of benzene rings is 1. The average molecular weight is 585 g/mol. The third-order valence-corrected chi connectivity index (χ3v) is 7.96. The number of aromatic nitrogens is 1. The second-order valence-corrected chi connectivity index (χ2v) is 12.3. The first kappa shape index (κ1) is 30.3. The molecule has 1 N–H and O–H groups in total. The standard InChI is InChI=1S/C29H40N6O5S/c1-8-33(28(38)39-29(4,5)6)11-10-30-26(36)17-34(23-14-22-20(3)31-40-24(22)13-19(23)2)18-27(37)32(7)35-15-21-9-12-41-25(21)16-35/h9,12-14H,8,10-11,15-18H2,1-7H3,(H,30,36). The van der Waals surface area contributed by atoms with Crippen molar-refractivity contribution in [2.24, 2.45) is 0 Å². The van der Waals surface area contributed by atoms with E-state index in [1.807, 2.05) is 58.7 Å². The number of carbonyl (C=O) groups excluding carboxylic acids is 3. The first-order valence-corrected chi connectivity index (χ1v) is 14.7. The van der Waals surface area contributed by atoms with E-state index in [-0.39, 0.29) is 31.4 Å². The van der Waals surface area contributed by atoms with Crippen molar-refractivity contribution in [2.75, 3.05) is 44.7 Å². The van der Waals surface area contributed by atoms with E-state index in [1.54, 1.807) is 33.2 Å². The molecule has 3 aromatic rings. The summed E-state index contributed by atoms with van der Waals surface area (Å²) in [7, 11) is 1.77. The van der Waals surface area contributed by atoms with Crippen molar-refractivity contribution >= 4 is 45.9 Å². The second-order valence-electron chi connectivity index (χ2n) is 11.3. The maximum Gasteiger partial charge on any atom is 0.410 e. The van der Waals surface area contributed by atoms with E-state index in [2.05, 4.69) is 21.9 Å². The summed E-state index contributed by atoms with van der Waals surface area (Å²) in [5.41, 5.74) is 3.65. The van der Waals surface area contributed by atoms with Crippen molar-refractivity contribution in [2.45, 2.75) is 60.2 Å². The number of anilines is 1. The quantitative estimate of drug-likeness (QED) is 0.380. The zero-order valence-corrected chi connectivity index (χ0v) is 25.8. The summed E-state index contributed by atoms with van der Waals surface area (Å²) in [5.74, 6) is -0.387. The van der Waals surface area contributed by atoms with Crippen molar-refractivity contribution in [1.29, 1.82) is 0 Å². The molecular weight excluding hydrogens is 544 g/mol. The van der Waals surface area contributed by atoms with Gasteiger partial charge in [0.15, 0.2) is 5.58 Å². The van der Waals surface area contributed by atoms with Crippen LogP contribution in [-0.2, 0) is 27.4 Å². The van der Waals surface area contributed by atoms with E-state index in [0.29, 0.717) is 31.8 Å². The molecule has 3 heterocycles. The van der Waals surface area contributed by atoms with E-state index < -0.39 is 11.7 Å². The Morgan fingerprint density at radius 2 is 1.93 bits per heavy atom. The molecule has 0 atom stereocenters. The number of hydrogen-bond donors (Lipinski definition) is 1. The van der Waals surface area contributed by atoms with Gasteiger partial charge in [-0.2, -0.15) is 0 Å². The SMILES string of the molecule is CCN(CCNC(=O)CN(CC(=O)N(C)N1Cc2ccsc2C1)c1cc2c(C)noc2cc1C)C(=O)OC(C)(C)C. The maximum atomic E-state index is 13.5. The monoisotopic (exact) mass is 584 g/mol. The number of nitrogens with one attached hydrogen (secondary N) is 1. The number of ether oxygens (including phenoxy) is 1. The number of hydrogen-bond acceptors (Lipinski definition) is 9. The van der Waals surface area contributed by atoms with Crippen molar-refractivity contribution in [3.05, 3.63) is 45.3 Å². The van der Waals surface area contributed by atoms with Gasteiger partial charge in [0.25, 0.3) is 5.91 Å². The van der Waals surface area contributed by atoms with Crippen LogP contribution in [0.4, 0.5) is 10.5 Å². The lowest BCUT2D eigenvalue weighted by Crippen LogP contribution is -2.48. The number of likely N-dealkylation sites (N-methyl/N-ethyl adjacent to an activating group) is 2. The molecule has 1 aliphatic heterocycles. The Kier molecular flexibility index (Phi) is 9.23. The Balaban J connectivity index is 1.45. The molecule has 0 radical (unpaired) electrons. The first-order chi connectivity index (χ1) is 19.4. The highest BCUT2D eigenvalue weighted by Crippen LogP contribution is 2.30. The molecule has 0 bridgehead atoms. The first-order valence-electron chi connectivity index (χ1n) is 13.8. The molecule has 11 nitrogen and oxygen atoms in total. The van der Waals surface area contributed by atoms with Crippen molar-refractivity contribution in [3.8, 4) is 0 Å². The van der Waals surface area contributed by atoms with Gasteiger partial charge in [0.05, 0.1) is 25.3 Å². The molecule has 4 rings (SSSR count). The molecular formula is C29H40N6O5S. The van der Waals surface area contributed by atoms with Gasteiger partial charge in [0.1, 0.15) is 5.60 Å². The molecule has 0 unspecified atom stereocenters. The van der Waals surface area contributed by atoms with Crippen LogP contribution < -0.4 is 10.2 Å². The molecule has 41 heavy (non-hydrogen) atoms. The van der Waals surface area contributed by atoms with Gasteiger partial charge in [-0.3, -0.25) is 14.6 Å². The number of rotatable bonds is 10. The topological polar surface area (TPSA) is 111 Å². The fourth-order valence-electron chi connectivity index (χ4n) is 4.73. The fourth-order valence-corrected chi connectivity index (χ4v) is 5.63. The summed E-state index contributed by atoms with van der Waals surface area (Å²) < 4.78 is 10.9. The van der Waals surface area contributed by atoms with Crippen LogP contribution in [-0.4, -0.2) is 83.4 Å². The summed E-state index contributed by atoms with van der Waals surface area (Å²) >= 11 is 1.69. The van der Waals surface area contributed by atoms with Crippen LogP contribution in [0.3, 0.4) is 0 Å². The molecule has 12 heteroatoms. The molecule has 0 saturated heterocycles. The van der Waals surface area contributed by atoms with Gasteiger partial charge >= 0.3 is 6.09 Å².